The Morgan fingerprint density at radius 1 is 1.02 bits per heavy atom. The summed E-state index contributed by atoms with van der Waals surface area (Å²) in [7, 11) is 3.99. The van der Waals surface area contributed by atoms with Crippen molar-refractivity contribution in [3.8, 4) is 0 Å². The number of carbonyl (C=O) groups is 2. The molecular formula is C31H27F2N3O3S. The van der Waals surface area contributed by atoms with Gasteiger partial charge in [-0.1, -0.05) is 42.1 Å². The van der Waals surface area contributed by atoms with Crippen LogP contribution < -0.4 is 10.2 Å². The number of anilines is 2. The molecule has 0 bridgehead atoms. The average molecular weight is 560 g/mol. The number of nitrogens with one attached hydrogen (secondary N) is 1. The Morgan fingerprint density at radius 2 is 1.75 bits per heavy atom. The van der Waals surface area contributed by atoms with E-state index in [0.29, 0.717) is 45.2 Å². The number of rotatable bonds is 8. The number of allylic oxidation sites excluding steroid dienone is 1. The van der Waals surface area contributed by atoms with Crippen LogP contribution in [0, 0.1) is 0 Å². The van der Waals surface area contributed by atoms with E-state index in [2.05, 4.69) is 35.7 Å². The predicted molar refractivity (Wildman–Crippen MR) is 156 cm³/mol. The highest BCUT2D eigenvalue weighted by molar-refractivity contribution is 7.99. The summed E-state index contributed by atoms with van der Waals surface area (Å²) >= 11 is 0.424. The van der Waals surface area contributed by atoms with Crippen molar-refractivity contribution in [2.45, 2.75) is 23.5 Å². The second kappa shape index (κ2) is 11.9. The zero-order chi connectivity index (χ0) is 28.2. The van der Waals surface area contributed by atoms with E-state index in [1.54, 1.807) is 0 Å². The Hall–Kier alpha value is -4.24. The van der Waals surface area contributed by atoms with Gasteiger partial charge in [-0.15, -0.1) is 0 Å². The minimum absolute atomic E-state index is 0.386. The van der Waals surface area contributed by atoms with Gasteiger partial charge in [-0.2, -0.15) is 8.78 Å². The van der Waals surface area contributed by atoms with Crippen LogP contribution in [0.15, 0.2) is 77.7 Å². The zero-order valence-corrected chi connectivity index (χ0v) is 22.8. The summed E-state index contributed by atoms with van der Waals surface area (Å²) in [5.74, 6) is -3.64. The molecule has 0 saturated carbocycles. The minimum atomic E-state index is -2.52. The van der Waals surface area contributed by atoms with E-state index < -0.39 is 24.2 Å². The number of halogens is 2. The molecule has 0 radical (unpaired) electrons. The fourth-order valence-corrected chi connectivity index (χ4v) is 5.20. The maximum absolute atomic E-state index is 13.4. The Kier molecular flexibility index (Phi) is 8.11. The monoisotopic (exact) mass is 559 g/mol. The number of benzene rings is 3. The molecule has 0 aliphatic heterocycles. The van der Waals surface area contributed by atoms with E-state index in [9.17, 15) is 18.4 Å². The topological polar surface area (TPSA) is 71.5 Å². The van der Waals surface area contributed by atoms with Gasteiger partial charge in [-0.05, 0) is 78.1 Å². The van der Waals surface area contributed by atoms with Gasteiger partial charge in [0.2, 0.25) is 0 Å². The van der Waals surface area contributed by atoms with Gasteiger partial charge in [0.15, 0.2) is 6.61 Å². The summed E-state index contributed by atoms with van der Waals surface area (Å²) in [4.78, 5) is 33.2. The van der Waals surface area contributed by atoms with Gasteiger partial charge in [0.1, 0.15) is 0 Å². The second-order valence-corrected chi connectivity index (χ2v) is 10.6. The summed E-state index contributed by atoms with van der Waals surface area (Å²) in [5, 5.41) is 3.30. The first-order valence-electron chi connectivity index (χ1n) is 12.7. The first-order chi connectivity index (χ1) is 19.3. The largest absolute Gasteiger partial charge is 0.452 e. The van der Waals surface area contributed by atoms with Crippen LogP contribution >= 0.6 is 11.8 Å². The molecule has 1 aliphatic rings. The van der Waals surface area contributed by atoms with Crippen molar-refractivity contribution in [1.29, 1.82) is 0 Å². The molecule has 204 valence electrons. The molecular weight excluding hydrogens is 532 g/mol. The van der Waals surface area contributed by atoms with Gasteiger partial charge < -0.3 is 15.0 Å². The molecule has 0 fully saturated rings. The third-order valence-electron chi connectivity index (χ3n) is 6.59. The molecule has 3 aromatic carbocycles. The number of fused-ring (bicyclic) bond motifs is 2. The van der Waals surface area contributed by atoms with Gasteiger partial charge in [0.05, 0.1) is 16.8 Å². The standard InChI is InChI=1S/C31H27F2N3O3S/c1-36(2)22-12-7-19(8-13-22)17-20-9-16-25-28(24-5-3-4-6-26(24)35-29(20)25)30(38)39-18-27(37)34-21-10-14-23(15-11-21)40-31(32)33/h3-8,10-15,17,31H,9,16,18H2,1-2H3,(H,34,37)/b20-17+. The quantitative estimate of drug-likeness (QED) is 0.187. The fraction of sp³-hybridized carbons (Fsp3) is 0.194. The lowest BCUT2D eigenvalue weighted by atomic mass is 10.0. The second-order valence-electron chi connectivity index (χ2n) is 9.51. The highest BCUT2D eigenvalue weighted by Crippen LogP contribution is 2.38. The first kappa shape index (κ1) is 27.3. The molecule has 5 rings (SSSR count). The Morgan fingerprint density at radius 3 is 2.45 bits per heavy atom. The molecule has 9 heteroatoms. The van der Waals surface area contributed by atoms with Crippen LogP contribution in [-0.4, -0.2) is 43.3 Å². The molecule has 1 amide bonds. The van der Waals surface area contributed by atoms with E-state index >= 15 is 0 Å². The normalized spacial score (nSPS) is 13.5. The summed E-state index contributed by atoms with van der Waals surface area (Å²) < 4.78 is 30.5. The van der Waals surface area contributed by atoms with Crippen molar-refractivity contribution in [3.05, 3.63) is 95.2 Å². The van der Waals surface area contributed by atoms with Crippen molar-refractivity contribution in [2.24, 2.45) is 0 Å². The lowest BCUT2D eigenvalue weighted by Gasteiger charge is -2.13. The first-order valence-corrected chi connectivity index (χ1v) is 13.6. The number of pyridine rings is 1. The SMILES string of the molecule is CN(C)c1ccc(/C=C2\CCc3c2nc2ccccc2c3C(=O)OCC(=O)Nc2ccc(SC(F)F)cc2)cc1. The average Bonchev–Trinajstić information content (AvgIpc) is 3.33. The van der Waals surface area contributed by atoms with Crippen molar-refractivity contribution in [2.75, 3.05) is 30.9 Å². The molecule has 0 unspecified atom stereocenters. The number of carbonyl (C=O) groups excluding carboxylic acids is 2. The molecule has 1 N–H and O–H groups in total. The number of thioether (sulfide) groups is 1. The van der Waals surface area contributed by atoms with Gasteiger partial charge >= 0.3 is 5.97 Å². The summed E-state index contributed by atoms with van der Waals surface area (Å²) in [5.41, 5.74) is 6.30. The predicted octanol–water partition coefficient (Wildman–Crippen LogP) is 6.90. The van der Waals surface area contributed by atoms with Crippen LogP contribution in [0.1, 0.15) is 33.6 Å². The number of para-hydroxylation sites is 1. The van der Waals surface area contributed by atoms with Crippen LogP contribution in [0.2, 0.25) is 0 Å². The summed E-state index contributed by atoms with van der Waals surface area (Å²) in [6, 6.07) is 21.7. The van der Waals surface area contributed by atoms with Gasteiger partial charge in [0, 0.05) is 35.8 Å². The highest BCUT2D eigenvalue weighted by Gasteiger charge is 2.28. The Balaban J connectivity index is 1.35. The smallest absolute Gasteiger partial charge is 0.339 e. The fourth-order valence-electron chi connectivity index (χ4n) is 4.70. The van der Waals surface area contributed by atoms with Gasteiger partial charge in [0.25, 0.3) is 11.7 Å². The number of esters is 1. The van der Waals surface area contributed by atoms with Crippen LogP contribution in [0.3, 0.4) is 0 Å². The van der Waals surface area contributed by atoms with Crippen molar-refractivity contribution in [3.63, 3.8) is 0 Å². The number of aromatic nitrogens is 1. The lowest BCUT2D eigenvalue weighted by molar-refractivity contribution is -0.119. The van der Waals surface area contributed by atoms with Crippen LogP contribution in [-0.2, 0) is 16.0 Å². The van der Waals surface area contributed by atoms with E-state index in [-0.39, 0.29) is 0 Å². The minimum Gasteiger partial charge on any atom is -0.452 e. The molecule has 0 saturated heterocycles. The third kappa shape index (κ3) is 6.15. The Bertz CT molecular complexity index is 1590. The number of hydrogen-bond donors (Lipinski definition) is 1. The number of amides is 1. The van der Waals surface area contributed by atoms with E-state index in [0.717, 1.165) is 34.5 Å². The number of hydrogen-bond acceptors (Lipinski definition) is 6. The third-order valence-corrected chi connectivity index (χ3v) is 7.32. The maximum Gasteiger partial charge on any atom is 0.339 e. The number of alkyl halides is 2. The summed E-state index contributed by atoms with van der Waals surface area (Å²) in [6.07, 6.45) is 3.46. The molecule has 1 aliphatic carbocycles. The highest BCUT2D eigenvalue weighted by atomic mass is 32.2. The van der Waals surface area contributed by atoms with Crippen LogP contribution in [0.25, 0.3) is 22.6 Å². The number of ether oxygens (including phenoxy) is 1. The van der Waals surface area contributed by atoms with E-state index in [1.807, 2.05) is 43.3 Å². The van der Waals surface area contributed by atoms with E-state index in [4.69, 9.17) is 9.72 Å². The molecule has 4 aromatic rings. The molecule has 0 spiro atoms. The molecule has 40 heavy (non-hydrogen) atoms. The van der Waals surface area contributed by atoms with Crippen LogP contribution in [0.5, 0.6) is 0 Å². The Labute approximate surface area is 235 Å². The van der Waals surface area contributed by atoms with Gasteiger partial charge in [-0.25, -0.2) is 9.78 Å². The number of nitrogens with zero attached hydrogens (tertiary/aromatic N) is 2. The van der Waals surface area contributed by atoms with Crippen molar-refractivity contribution < 1.29 is 23.1 Å². The summed E-state index contributed by atoms with van der Waals surface area (Å²) in [6.45, 7) is -0.487. The maximum atomic E-state index is 13.4. The van der Waals surface area contributed by atoms with Crippen LogP contribution in [0.4, 0.5) is 20.2 Å². The van der Waals surface area contributed by atoms with Gasteiger partial charge in [-0.3, -0.25) is 4.79 Å². The van der Waals surface area contributed by atoms with Crippen molar-refractivity contribution >= 4 is 57.6 Å². The lowest BCUT2D eigenvalue weighted by Crippen LogP contribution is -2.21. The molecule has 1 heterocycles. The van der Waals surface area contributed by atoms with Crippen molar-refractivity contribution in [1.82, 2.24) is 4.98 Å². The van der Waals surface area contributed by atoms with E-state index in [1.165, 1.54) is 24.3 Å². The molecule has 0 atom stereocenters. The molecule has 6 nitrogen and oxygen atoms in total. The molecule has 1 aromatic heterocycles. The zero-order valence-electron chi connectivity index (χ0n) is 22.0.